The van der Waals surface area contributed by atoms with Gasteiger partial charge in [-0.15, -0.1) is 0 Å². The number of halogens is 1. The first-order valence-corrected chi connectivity index (χ1v) is 7.52. The Morgan fingerprint density at radius 3 is 2.62 bits per heavy atom. The van der Waals surface area contributed by atoms with Crippen LogP contribution >= 0.6 is 11.6 Å². The van der Waals surface area contributed by atoms with Gasteiger partial charge in [0.05, 0.1) is 16.7 Å². The van der Waals surface area contributed by atoms with Crippen LogP contribution < -0.4 is 5.73 Å². The first-order valence-electron chi connectivity index (χ1n) is 7.15. The van der Waals surface area contributed by atoms with Gasteiger partial charge in [0, 0.05) is 23.0 Å². The zero-order valence-electron chi connectivity index (χ0n) is 12.5. The molecule has 2 N–H and O–H groups in total. The Balaban J connectivity index is 1.99. The Kier molecular flexibility index (Phi) is 4.28. The number of nitrogen functional groups attached to an aromatic ring is 1. The molecule has 0 amide bonds. The summed E-state index contributed by atoms with van der Waals surface area (Å²) < 4.78 is 0. The number of nitriles is 1. The molecule has 1 aromatic heterocycles. The van der Waals surface area contributed by atoms with Crippen molar-refractivity contribution in [1.29, 1.82) is 5.26 Å². The van der Waals surface area contributed by atoms with Crippen LogP contribution in [-0.4, -0.2) is 10.8 Å². The SMILES string of the molecule is N#Cc1ccc(-c2cccc(C(=O)c3ccc(Cl)cn3)c2)c(N)c1. The van der Waals surface area contributed by atoms with Crippen molar-refractivity contribution in [2.45, 2.75) is 0 Å². The Morgan fingerprint density at radius 1 is 1.12 bits per heavy atom. The molecule has 0 aliphatic carbocycles. The van der Waals surface area contributed by atoms with E-state index in [4.69, 9.17) is 22.6 Å². The normalized spacial score (nSPS) is 10.2. The number of nitrogens with two attached hydrogens (primary N) is 1. The van der Waals surface area contributed by atoms with Crippen molar-refractivity contribution in [3.63, 3.8) is 0 Å². The standard InChI is InChI=1S/C19H12ClN3O/c20-15-5-7-18(23-11-15)19(24)14-3-1-2-13(9-14)16-6-4-12(10-21)8-17(16)22/h1-9,11H,22H2. The van der Waals surface area contributed by atoms with Crippen LogP contribution in [0.2, 0.25) is 5.02 Å². The fraction of sp³-hybridized carbons (Fsp3) is 0. The van der Waals surface area contributed by atoms with E-state index in [1.165, 1.54) is 6.20 Å². The summed E-state index contributed by atoms with van der Waals surface area (Å²) >= 11 is 5.80. The zero-order chi connectivity index (χ0) is 17.1. The predicted octanol–water partition coefficient (Wildman–Crippen LogP) is 4.09. The first kappa shape index (κ1) is 15.7. The van der Waals surface area contributed by atoms with Crippen molar-refractivity contribution in [3.05, 3.63) is 82.6 Å². The van der Waals surface area contributed by atoms with E-state index < -0.39 is 0 Å². The second-order valence-electron chi connectivity index (χ2n) is 5.19. The number of hydrogen-bond donors (Lipinski definition) is 1. The van der Waals surface area contributed by atoms with Crippen molar-refractivity contribution in [2.75, 3.05) is 5.73 Å². The van der Waals surface area contributed by atoms with Gasteiger partial charge in [0.1, 0.15) is 5.69 Å². The molecule has 24 heavy (non-hydrogen) atoms. The van der Waals surface area contributed by atoms with E-state index in [-0.39, 0.29) is 5.78 Å². The van der Waals surface area contributed by atoms with Gasteiger partial charge in [0.2, 0.25) is 5.78 Å². The van der Waals surface area contributed by atoms with Gasteiger partial charge in [-0.1, -0.05) is 35.9 Å². The Labute approximate surface area is 144 Å². The van der Waals surface area contributed by atoms with Crippen molar-refractivity contribution in [1.82, 2.24) is 4.98 Å². The van der Waals surface area contributed by atoms with E-state index in [0.717, 1.165) is 11.1 Å². The second-order valence-corrected chi connectivity index (χ2v) is 5.62. The van der Waals surface area contributed by atoms with E-state index in [1.54, 1.807) is 48.5 Å². The lowest BCUT2D eigenvalue weighted by molar-refractivity contribution is 0.103. The van der Waals surface area contributed by atoms with Gasteiger partial charge in [0.25, 0.3) is 0 Å². The van der Waals surface area contributed by atoms with Crippen molar-refractivity contribution in [3.8, 4) is 17.2 Å². The van der Waals surface area contributed by atoms with Crippen LogP contribution in [0.1, 0.15) is 21.6 Å². The molecule has 3 aromatic rings. The molecule has 5 heteroatoms. The number of carbonyl (C=O) groups excluding carboxylic acids is 1. The summed E-state index contributed by atoms with van der Waals surface area (Å²) in [4.78, 5) is 16.6. The van der Waals surface area contributed by atoms with Crippen LogP contribution in [0.5, 0.6) is 0 Å². The lowest BCUT2D eigenvalue weighted by Crippen LogP contribution is -2.04. The Hall–Kier alpha value is -3.16. The summed E-state index contributed by atoms with van der Waals surface area (Å²) in [5, 5.41) is 9.40. The molecule has 1 heterocycles. The number of carbonyl (C=O) groups is 1. The summed E-state index contributed by atoms with van der Waals surface area (Å²) in [7, 11) is 0. The first-order chi connectivity index (χ1) is 11.6. The molecule has 4 nitrogen and oxygen atoms in total. The van der Waals surface area contributed by atoms with Crippen LogP contribution in [0.3, 0.4) is 0 Å². The van der Waals surface area contributed by atoms with Crippen LogP contribution in [-0.2, 0) is 0 Å². The number of hydrogen-bond acceptors (Lipinski definition) is 4. The molecule has 0 saturated carbocycles. The molecule has 0 aliphatic rings. The Morgan fingerprint density at radius 2 is 1.96 bits per heavy atom. The minimum absolute atomic E-state index is 0.194. The van der Waals surface area contributed by atoms with Gasteiger partial charge in [-0.25, -0.2) is 0 Å². The van der Waals surface area contributed by atoms with Gasteiger partial charge >= 0.3 is 0 Å². The molecule has 0 radical (unpaired) electrons. The molecule has 0 bridgehead atoms. The zero-order valence-corrected chi connectivity index (χ0v) is 13.3. The largest absolute Gasteiger partial charge is 0.398 e. The quantitative estimate of drug-likeness (QED) is 0.578. The molecule has 0 atom stereocenters. The molecule has 0 unspecified atom stereocenters. The molecule has 0 aliphatic heterocycles. The van der Waals surface area contributed by atoms with Crippen LogP contribution in [0.25, 0.3) is 11.1 Å². The van der Waals surface area contributed by atoms with Crippen molar-refractivity contribution >= 4 is 23.1 Å². The van der Waals surface area contributed by atoms with E-state index in [9.17, 15) is 4.79 Å². The average Bonchev–Trinajstić information content (AvgIpc) is 2.61. The molecule has 0 fully saturated rings. The molecular weight excluding hydrogens is 322 g/mol. The summed E-state index contributed by atoms with van der Waals surface area (Å²) in [6.07, 6.45) is 1.44. The van der Waals surface area contributed by atoms with Gasteiger partial charge in [-0.05, 0) is 35.9 Å². The van der Waals surface area contributed by atoms with E-state index >= 15 is 0 Å². The number of rotatable bonds is 3. The van der Waals surface area contributed by atoms with Crippen LogP contribution in [0.15, 0.2) is 60.8 Å². The molecule has 0 spiro atoms. The topological polar surface area (TPSA) is 79.8 Å². The highest BCUT2D eigenvalue weighted by Gasteiger charge is 2.12. The number of aromatic nitrogens is 1. The minimum Gasteiger partial charge on any atom is -0.398 e. The summed E-state index contributed by atoms with van der Waals surface area (Å²) in [6.45, 7) is 0. The number of anilines is 1. The van der Waals surface area contributed by atoms with Gasteiger partial charge in [0.15, 0.2) is 0 Å². The van der Waals surface area contributed by atoms with E-state index in [0.29, 0.717) is 27.5 Å². The lowest BCUT2D eigenvalue weighted by Gasteiger charge is -2.08. The summed E-state index contributed by atoms with van der Waals surface area (Å²) in [5.74, 6) is -0.194. The number of ketones is 1. The second kappa shape index (κ2) is 6.53. The molecule has 3 rings (SSSR count). The lowest BCUT2D eigenvalue weighted by atomic mass is 9.98. The van der Waals surface area contributed by atoms with E-state index in [2.05, 4.69) is 4.98 Å². The van der Waals surface area contributed by atoms with Crippen molar-refractivity contribution < 1.29 is 4.79 Å². The molecular formula is C19H12ClN3O. The fourth-order valence-corrected chi connectivity index (χ4v) is 2.49. The third-order valence-electron chi connectivity index (χ3n) is 3.58. The minimum atomic E-state index is -0.194. The highest BCUT2D eigenvalue weighted by molar-refractivity contribution is 6.30. The Bertz CT molecular complexity index is 959. The number of nitrogens with zero attached hydrogens (tertiary/aromatic N) is 2. The van der Waals surface area contributed by atoms with Gasteiger partial charge in [-0.3, -0.25) is 9.78 Å². The fourth-order valence-electron chi connectivity index (χ4n) is 2.38. The van der Waals surface area contributed by atoms with Gasteiger partial charge in [-0.2, -0.15) is 5.26 Å². The summed E-state index contributed by atoms with van der Waals surface area (Å²) in [6, 6.07) is 17.5. The highest BCUT2D eigenvalue weighted by atomic mass is 35.5. The van der Waals surface area contributed by atoms with Crippen LogP contribution in [0, 0.1) is 11.3 Å². The monoisotopic (exact) mass is 333 g/mol. The predicted molar refractivity (Wildman–Crippen MR) is 93.7 cm³/mol. The van der Waals surface area contributed by atoms with Gasteiger partial charge < -0.3 is 5.73 Å². The third-order valence-corrected chi connectivity index (χ3v) is 3.80. The molecule has 2 aromatic carbocycles. The maximum atomic E-state index is 12.5. The molecule has 0 saturated heterocycles. The average molecular weight is 334 g/mol. The molecule has 116 valence electrons. The van der Waals surface area contributed by atoms with Crippen LogP contribution in [0.4, 0.5) is 5.69 Å². The third kappa shape index (κ3) is 3.12. The summed E-state index contributed by atoms with van der Waals surface area (Å²) in [5.41, 5.74) is 9.41. The van der Waals surface area contributed by atoms with Crippen molar-refractivity contribution in [2.24, 2.45) is 0 Å². The smallest absolute Gasteiger partial charge is 0.211 e. The maximum absolute atomic E-state index is 12.5. The maximum Gasteiger partial charge on any atom is 0.211 e. The highest BCUT2D eigenvalue weighted by Crippen LogP contribution is 2.28. The van der Waals surface area contributed by atoms with E-state index in [1.807, 2.05) is 12.1 Å². The number of benzene rings is 2. The number of pyridine rings is 1.